The minimum atomic E-state index is -0.889. The summed E-state index contributed by atoms with van der Waals surface area (Å²) in [6.07, 6.45) is 3.49. The molecule has 1 aromatic heterocycles. The van der Waals surface area contributed by atoms with Crippen molar-refractivity contribution in [3.05, 3.63) is 36.8 Å². The number of rotatable bonds is 0. The molecule has 0 radical (unpaired) electrons. The third kappa shape index (κ3) is 3.49. The molecule has 0 fully saturated rings. The Morgan fingerprint density at radius 1 is 1.08 bits per heavy atom. The van der Waals surface area contributed by atoms with Gasteiger partial charge in [0, 0.05) is 10.8 Å². The van der Waals surface area contributed by atoms with E-state index in [1.54, 1.807) is 12.5 Å². The van der Waals surface area contributed by atoms with Gasteiger partial charge >= 0.3 is 4.70 Å². The van der Waals surface area contributed by atoms with Gasteiger partial charge in [0.25, 0.3) is 0 Å². The Balaban J connectivity index is 0.000000184. The highest BCUT2D eigenvalue weighted by Crippen LogP contribution is 2.12. The Labute approximate surface area is 85.0 Å². The van der Waals surface area contributed by atoms with Crippen molar-refractivity contribution in [2.75, 3.05) is 0 Å². The van der Waals surface area contributed by atoms with Crippen LogP contribution in [0.1, 0.15) is 0 Å². The molecule has 0 saturated carbocycles. The molecule has 0 aliphatic carbocycles. The number of carbonyl (C=O) groups excluding carboxylic acids is 1. The van der Waals surface area contributed by atoms with Crippen molar-refractivity contribution in [1.82, 2.24) is 0 Å². The van der Waals surface area contributed by atoms with E-state index in [-0.39, 0.29) is 0 Å². The van der Waals surface area contributed by atoms with Crippen molar-refractivity contribution in [2.45, 2.75) is 0 Å². The SMILES string of the molecule is O=C(Cl)Cl.c1ccc2cocc2c1. The number of benzene rings is 1. The van der Waals surface area contributed by atoms with E-state index in [9.17, 15) is 0 Å². The number of hydrogen-bond donors (Lipinski definition) is 0. The largest absolute Gasteiger partial charge is 0.471 e. The van der Waals surface area contributed by atoms with E-state index in [1.165, 1.54) is 0 Å². The molecule has 0 atom stereocenters. The Morgan fingerprint density at radius 3 is 1.85 bits per heavy atom. The van der Waals surface area contributed by atoms with Gasteiger partial charge in [0.1, 0.15) is 0 Å². The number of halogens is 2. The smallest absolute Gasteiger partial charge is 0.313 e. The number of fused-ring (bicyclic) bond motifs is 1. The molecule has 0 aliphatic heterocycles. The van der Waals surface area contributed by atoms with Crippen molar-refractivity contribution in [1.29, 1.82) is 0 Å². The zero-order chi connectivity index (χ0) is 9.68. The molecule has 0 bridgehead atoms. The van der Waals surface area contributed by atoms with Crippen LogP contribution in [0.15, 0.2) is 41.2 Å². The lowest BCUT2D eigenvalue weighted by Crippen LogP contribution is -1.57. The Morgan fingerprint density at radius 2 is 1.46 bits per heavy atom. The van der Waals surface area contributed by atoms with Gasteiger partial charge in [-0.2, -0.15) is 0 Å². The van der Waals surface area contributed by atoms with Gasteiger partial charge in [-0.3, -0.25) is 4.79 Å². The summed E-state index contributed by atoms with van der Waals surface area (Å²) in [4.78, 5) is 8.98. The lowest BCUT2D eigenvalue weighted by Gasteiger charge is -1.80. The van der Waals surface area contributed by atoms with Crippen LogP contribution < -0.4 is 0 Å². The predicted octanol–water partition coefficient (Wildman–Crippen LogP) is 4.02. The summed E-state index contributed by atoms with van der Waals surface area (Å²) in [5, 5.41) is 2.33. The topological polar surface area (TPSA) is 30.2 Å². The molecule has 1 aromatic carbocycles. The summed E-state index contributed by atoms with van der Waals surface area (Å²) in [7, 11) is 0. The molecule has 4 heteroatoms. The molecular weight excluding hydrogens is 211 g/mol. The first kappa shape index (κ1) is 10.1. The van der Waals surface area contributed by atoms with Crippen molar-refractivity contribution in [3.63, 3.8) is 0 Å². The summed E-state index contributed by atoms with van der Waals surface area (Å²) in [6, 6.07) is 8.05. The minimum Gasteiger partial charge on any atom is -0.471 e. The minimum absolute atomic E-state index is 0.889. The van der Waals surface area contributed by atoms with E-state index in [4.69, 9.17) is 9.21 Å². The zero-order valence-electron chi connectivity index (χ0n) is 6.54. The van der Waals surface area contributed by atoms with E-state index in [1.807, 2.05) is 24.3 Å². The van der Waals surface area contributed by atoms with Crippen LogP contribution in [0.4, 0.5) is 4.79 Å². The quantitative estimate of drug-likeness (QED) is 0.624. The highest BCUT2D eigenvalue weighted by atomic mass is 35.5. The van der Waals surface area contributed by atoms with E-state index in [0.717, 1.165) is 10.8 Å². The van der Waals surface area contributed by atoms with Crippen molar-refractivity contribution in [3.8, 4) is 0 Å². The third-order valence-corrected chi connectivity index (χ3v) is 1.39. The lowest BCUT2D eigenvalue weighted by molar-refractivity contribution is 0.275. The number of furan rings is 1. The summed E-state index contributed by atoms with van der Waals surface area (Å²) < 4.78 is 4.08. The summed E-state index contributed by atoms with van der Waals surface area (Å²) >= 11 is 8.80. The third-order valence-electron chi connectivity index (χ3n) is 1.39. The molecule has 0 aliphatic rings. The van der Waals surface area contributed by atoms with Crippen LogP contribution in [0.3, 0.4) is 0 Å². The second-order valence-electron chi connectivity index (χ2n) is 2.23. The van der Waals surface area contributed by atoms with Gasteiger partial charge in [0.2, 0.25) is 0 Å². The zero-order valence-corrected chi connectivity index (χ0v) is 8.05. The Kier molecular flexibility index (Phi) is 3.80. The van der Waals surface area contributed by atoms with E-state index in [0.29, 0.717) is 0 Å². The van der Waals surface area contributed by atoms with Gasteiger partial charge in [-0.15, -0.1) is 0 Å². The van der Waals surface area contributed by atoms with Gasteiger partial charge in [-0.1, -0.05) is 24.3 Å². The molecular formula is C9H6Cl2O2. The first-order valence-corrected chi connectivity index (χ1v) is 4.21. The van der Waals surface area contributed by atoms with Crippen LogP contribution in [0.5, 0.6) is 0 Å². The lowest BCUT2D eigenvalue weighted by atomic mass is 10.2. The summed E-state index contributed by atoms with van der Waals surface area (Å²) in [5.41, 5.74) is 0. The van der Waals surface area contributed by atoms with Gasteiger partial charge in [-0.25, -0.2) is 0 Å². The molecule has 1 heterocycles. The monoisotopic (exact) mass is 216 g/mol. The fraction of sp³-hybridized carbons (Fsp3) is 0. The summed E-state index contributed by atoms with van der Waals surface area (Å²) in [5.74, 6) is 0. The highest BCUT2D eigenvalue weighted by molar-refractivity contribution is 6.93. The average Bonchev–Trinajstić information content (AvgIpc) is 2.49. The maximum Gasteiger partial charge on any atom is 0.313 e. The van der Waals surface area contributed by atoms with Crippen LogP contribution in [0, 0.1) is 0 Å². The molecule has 2 aromatic rings. The predicted molar refractivity (Wildman–Crippen MR) is 53.3 cm³/mol. The van der Waals surface area contributed by atoms with Crippen LogP contribution >= 0.6 is 23.2 Å². The highest BCUT2D eigenvalue weighted by Gasteiger charge is 1.89. The first-order chi connectivity index (χ1) is 6.20. The van der Waals surface area contributed by atoms with Gasteiger partial charge in [0.05, 0.1) is 12.5 Å². The number of carbonyl (C=O) groups is 1. The molecule has 0 saturated heterocycles. The van der Waals surface area contributed by atoms with Gasteiger partial charge in [-0.05, 0) is 23.2 Å². The van der Waals surface area contributed by atoms with Gasteiger partial charge < -0.3 is 4.42 Å². The molecule has 0 unspecified atom stereocenters. The van der Waals surface area contributed by atoms with Crippen LogP contribution in [-0.4, -0.2) is 4.70 Å². The van der Waals surface area contributed by atoms with Crippen molar-refractivity contribution >= 4 is 38.7 Å². The van der Waals surface area contributed by atoms with Crippen LogP contribution in [-0.2, 0) is 0 Å². The molecule has 2 rings (SSSR count). The fourth-order valence-electron chi connectivity index (χ4n) is 0.906. The van der Waals surface area contributed by atoms with E-state index >= 15 is 0 Å². The van der Waals surface area contributed by atoms with E-state index < -0.39 is 4.70 Å². The van der Waals surface area contributed by atoms with E-state index in [2.05, 4.69) is 23.2 Å². The molecule has 13 heavy (non-hydrogen) atoms. The molecule has 0 amide bonds. The molecule has 0 N–H and O–H groups in total. The Bertz CT molecular complexity index is 361. The number of hydrogen-bond acceptors (Lipinski definition) is 2. The van der Waals surface area contributed by atoms with Crippen LogP contribution in [0.25, 0.3) is 10.8 Å². The Hall–Kier alpha value is -0.990. The van der Waals surface area contributed by atoms with Crippen LogP contribution in [0.2, 0.25) is 0 Å². The second-order valence-corrected chi connectivity index (χ2v) is 3.11. The van der Waals surface area contributed by atoms with Crippen molar-refractivity contribution < 1.29 is 9.21 Å². The first-order valence-electron chi connectivity index (χ1n) is 3.46. The maximum absolute atomic E-state index is 8.98. The van der Waals surface area contributed by atoms with Gasteiger partial charge in [0.15, 0.2) is 0 Å². The second kappa shape index (κ2) is 4.90. The summed E-state index contributed by atoms with van der Waals surface area (Å²) in [6.45, 7) is 0. The normalized spacial score (nSPS) is 9.08. The average molecular weight is 217 g/mol. The standard InChI is InChI=1S/C8H6O.CCl2O/c1-2-4-8-6-9-5-7(8)3-1;2-1(3)4/h1-6H;. The molecule has 0 spiro atoms. The van der Waals surface area contributed by atoms with Crippen molar-refractivity contribution in [2.24, 2.45) is 0 Å². The fourth-order valence-corrected chi connectivity index (χ4v) is 0.906. The molecule has 2 nitrogen and oxygen atoms in total. The molecule has 68 valence electrons. The maximum atomic E-state index is 8.98.